The fourth-order valence-electron chi connectivity index (χ4n) is 8.93. The first-order valence-electron chi connectivity index (χ1n) is 10.9. The maximum atomic E-state index is 2.89. The Morgan fingerprint density at radius 2 is 1.67 bits per heavy atom. The molecular weight excluding hydrogens is 290 g/mol. The number of piperidine rings is 1. The SMILES string of the molecule is CC12CC3CC(C1)CC(CCN1CC4CC[C@@](C)(C1)C4(C)C)(C3)C2. The molecule has 1 aliphatic heterocycles. The average Bonchev–Trinajstić information content (AvgIpc) is 2.59. The molecule has 0 spiro atoms. The number of nitrogens with zero attached hydrogens (tertiary/aromatic N) is 1. The quantitative estimate of drug-likeness (QED) is 0.638. The van der Waals surface area contributed by atoms with Crippen molar-refractivity contribution < 1.29 is 0 Å². The van der Waals surface area contributed by atoms with Gasteiger partial charge in [-0.15, -0.1) is 0 Å². The van der Waals surface area contributed by atoms with Crippen LogP contribution in [0.4, 0.5) is 0 Å². The number of hydrogen-bond acceptors (Lipinski definition) is 1. The molecule has 0 aromatic rings. The first kappa shape index (κ1) is 16.2. The summed E-state index contributed by atoms with van der Waals surface area (Å²) in [4.78, 5) is 2.89. The second-order valence-electron chi connectivity index (χ2n) is 12.3. The van der Waals surface area contributed by atoms with Crippen molar-refractivity contribution in [3.8, 4) is 0 Å². The van der Waals surface area contributed by atoms with E-state index in [1.807, 2.05) is 0 Å². The third kappa shape index (κ3) is 2.22. The summed E-state index contributed by atoms with van der Waals surface area (Å²) in [5.41, 5.74) is 2.60. The fourth-order valence-corrected chi connectivity index (χ4v) is 8.93. The van der Waals surface area contributed by atoms with Crippen LogP contribution in [-0.2, 0) is 0 Å². The van der Waals surface area contributed by atoms with E-state index in [4.69, 9.17) is 0 Å². The zero-order valence-corrected chi connectivity index (χ0v) is 16.7. The molecule has 1 saturated heterocycles. The van der Waals surface area contributed by atoms with E-state index in [2.05, 4.69) is 32.6 Å². The maximum absolute atomic E-state index is 2.89. The van der Waals surface area contributed by atoms with Gasteiger partial charge >= 0.3 is 0 Å². The Balaban J connectivity index is 1.28. The van der Waals surface area contributed by atoms with Crippen LogP contribution in [0.5, 0.6) is 0 Å². The Labute approximate surface area is 149 Å². The Morgan fingerprint density at radius 1 is 0.958 bits per heavy atom. The number of hydrogen-bond donors (Lipinski definition) is 0. The van der Waals surface area contributed by atoms with E-state index in [0.717, 1.165) is 28.6 Å². The Kier molecular flexibility index (Phi) is 3.24. The van der Waals surface area contributed by atoms with Crippen LogP contribution in [0.25, 0.3) is 0 Å². The lowest BCUT2D eigenvalue weighted by Gasteiger charge is -2.62. The zero-order valence-electron chi connectivity index (χ0n) is 16.7. The van der Waals surface area contributed by atoms with Crippen molar-refractivity contribution in [2.45, 2.75) is 85.5 Å². The summed E-state index contributed by atoms with van der Waals surface area (Å²) in [5.74, 6) is 3.13. The molecule has 1 heterocycles. The Morgan fingerprint density at radius 3 is 2.29 bits per heavy atom. The summed E-state index contributed by atoms with van der Waals surface area (Å²) in [6, 6.07) is 0. The van der Waals surface area contributed by atoms with E-state index < -0.39 is 0 Å². The molecule has 136 valence electrons. The summed E-state index contributed by atoms with van der Waals surface area (Å²) in [6.07, 6.45) is 13.9. The van der Waals surface area contributed by atoms with Gasteiger partial charge in [0.1, 0.15) is 0 Å². The van der Waals surface area contributed by atoms with Gasteiger partial charge in [0.05, 0.1) is 0 Å². The molecule has 1 heteroatoms. The summed E-state index contributed by atoms with van der Waals surface area (Å²) in [6.45, 7) is 14.5. The molecule has 0 N–H and O–H groups in total. The average molecular weight is 330 g/mol. The zero-order chi connectivity index (χ0) is 16.8. The second-order valence-corrected chi connectivity index (χ2v) is 12.3. The van der Waals surface area contributed by atoms with Crippen molar-refractivity contribution >= 4 is 0 Å². The van der Waals surface area contributed by atoms with Crippen molar-refractivity contribution in [2.75, 3.05) is 19.6 Å². The topological polar surface area (TPSA) is 3.24 Å². The maximum Gasteiger partial charge on any atom is 0.00407 e. The van der Waals surface area contributed by atoms with E-state index >= 15 is 0 Å². The molecule has 5 aliphatic carbocycles. The lowest BCUT2D eigenvalue weighted by molar-refractivity contribution is -0.111. The van der Waals surface area contributed by atoms with E-state index in [1.165, 1.54) is 38.9 Å². The highest BCUT2D eigenvalue weighted by molar-refractivity contribution is 5.08. The highest BCUT2D eigenvalue weighted by Crippen LogP contribution is 2.66. The predicted molar refractivity (Wildman–Crippen MR) is 101 cm³/mol. The molecule has 6 rings (SSSR count). The minimum Gasteiger partial charge on any atom is -0.302 e. The largest absolute Gasteiger partial charge is 0.302 e. The number of likely N-dealkylation sites (tertiary alicyclic amines) is 1. The van der Waals surface area contributed by atoms with Crippen LogP contribution in [0.2, 0.25) is 0 Å². The van der Waals surface area contributed by atoms with E-state index in [0.29, 0.717) is 10.8 Å². The lowest BCUT2D eigenvalue weighted by Crippen LogP contribution is -2.54. The molecule has 24 heavy (non-hydrogen) atoms. The van der Waals surface area contributed by atoms with Crippen molar-refractivity contribution in [1.82, 2.24) is 4.90 Å². The molecule has 1 nitrogen and oxygen atoms in total. The fraction of sp³-hybridized carbons (Fsp3) is 1.00. The van der Waals surface area contributed by atoms with Crippen molar-refractivity contribution in [3.63, 3.8) is 0 Å². The van der Waals surface area contributed by atoms with Crippen LogP contribution in [0.15, 0.2) is 0 Å². The third-order valence-corrected chi connectivity index (χ3v) is 10.1. The second kappa shape index (κ2) is 4.81. The third-order valence-electron chi connectivity index (χ3n) is 10.1. The van der Waals surface area contributed by atoms with E-state index in [-0.39, 0.29) is 0 Å². The van der Waals surface area contributed by atoms with Crippen LogP contribution < -0.4 is 0 Å². The van der Waals surface area contributed by atoms with Crippen LogP contribution in [0.3, 0.4) is 0 Å². The van der Waals surface area contributed by atoms with E-state index in [9.17, 15) is 0 Å². The first-order valence-corrected chi connectivity index (χ1v) is 10.9. The van der Waals surface area contributed by atoms with Gasteiger partial charge in [0.2, 0.25) is 0 Å². The molecule has 3 unspecified atom stereocenters. The molecule has 0 aromatic carbocycles. The van der Waals surface area contributed by atoms with Crippen molar-refractivity contribution in [1.29, 1.82) is 0 Å². The van der Waals surface area contributed by atoms with Crippen molar-refractivity contribution in [3.05, 3.63) is 0 Å². The summed E-state index contributed by atoms with van der Waals surface area (Å²) in [5, 5.41) is 0. The van der Waals surface area contributed by atoms with Crippen molar-refractivity contribution in [2.24, 2.45) is 39.4 Å². The van der Waals surface area contributed by atoms with Gasteiger partial charge in [-0.1, -0.05) is 27.7 Å². The highest BCUT2D eigenvalue weighted by Gasteiger charge is 2.57. The molecule has 6 bridgehead atoms. The number of fused-ring (bicyclic) bond motifs is 2. The van der Waals surface area contributed by atoms with Crippen LogP contribution in [0, 0.1) is 39.4 Å². The molecule has 0 radical (unpaired) electrons. The van der Waals surface area contributed by atoms with Crippen LogP contribution in [-0.4, -0.2) is 24.5 Å². The highest BCUT2D eigenvalue weighted by atomic mass is 15.2. The molecule has 0 aromatic heterocycles. The van der Waals surface area contributed by atoms with Gasteiger partial charge in [-0.25, -0.2) is 0 Å². The summed E-state index contributed by atoms with van der Waals surface area (Å²) in [7, 11) is 0. The predicted octanol–water partition coefficient (Wildman–Crippen LogP) is 5.74. The van der Waals surface area contributed by atoms with Crippen LogP contribution >= 0.6 is 0 Å². The lowest BCUT2D eigenvalue weighted by atomic mass is 9.44. The summed E-state index contributed by atoms with van der Waals surface area (Å²) < 4.78 is 0. The molecule has 4 atom stereocenters. The normalized spacial score (nSPS) is 55.2. The first-order chi connectivity index (χ1) is 11.2. The van der Waals surface area contributed by atoms with Gasteiger partial charge < -0.3 is 4.90 Å². The standard InChI is InChI=1S/C23H39N/c1-20(2)19-5-6-22(20,4)16-24(14-19)8-7-23-12-17-9-18(13-23)11-21(3,10-17)15-23/h17-19H,5-16H2,1-4H3/t17?,18?,19?,21?,22-,23?/m0/s1. The smallest absolute Gasteiger partial charge is 0.00407 e. The van der Waals surface area contributed by atoms with Gasteiger partial charge in [0.25, 0.3) is 0 Å². The van der Waals surface area contributed by atoms with E-state index in [1.54, 1.807) is 38.5 Å². The Hall–Kier alpha value is -0.0400. The monoisotopic (exact) mass is 329 g/mol. The van der Waals surface area contributed by atoms with Crippen LogP contribution in [0.1, 0.15) is 85.5 Å². The minimum absolute atomic E-state index is 0.567. The van der Waals surface area contributed by atoms with Gasteiger partial charge in [-0.2, -0.15) is 0 Å². The molecule has 0 amide bonds. The number of rotatable bonds is 3. The van der Waals surface area contributed by atoms with Gasteiger partial charge in [-0.05, 0) is 104 Å². The summed E-state index contributed by atoms with van der Waals surface area (Å²) >= 11 is 0. The van der Waals surface area contributed by atoms with Gasteiger partial charge in [-0.3, -0.25) is 0 Å². The molecular formula is C23H39N. The molecule has 6 fully saturated rings. The molecule has 6 aliphatic rings. The van der Waals surface area contributed by atoms with Gasteiger partial charge in [0.15, 0.2) is 0 Å². The van der Waals surface area contributed by atoms with Gasteiger partial charge in [0, 0.05) is 13.1 Å². The minimum atomic E-state index is 0.567. The Bertz CT molecular complexity index is 520. The molecule has 5 saturated carbocycles.